The van der Waals surface area contributed by atoms with E-state index in [0.29, 0.717) is 13.1 Å². The Hall–Kier alpha value is -0.910. The number of rotatable bonds is 3. The molecule has 0 saturated carbocycles. The molecule has 1 fully saturated rings. The number of amides is 1. The van der Waals surface area contributed by atoms with Crippen molar-refractivity contribution in [3.8, 4) is 0 Å². The summed E-state index contributed by atoms with van der Waals surface area (Å²) in [5.74, 6) is 0. The second-order valence-corrected chi connectivity index (χ2v) is 4.88. The number of alkyl halides is 2. The molecule has 1 heterocycles. The number of carbonyl (C=O) groups is 1. The second kappa shape index (κ2) is 4.95. The Morgan fingerprint density at radius 2 is 2.06 bits per heavy atom. The highest BCUT2D eigenvalue weighted by molar-refractivity contribution is 5.69. The van der Waals surface area contributed by atoms with E-state index in [9.17, 15) is 13.6 Å². The molecule has 1 rings (SSSR count). The van der Waals surface area contributed by atoms with Crippen molar-refractivity contribution in [2.75, 3.05) is 19.6 Å². The minimum Gasteiger partial charge on any atom is -0.444 e. The van der Waals surface area contributed by atoms with E-state index in [1.54, 1.807) is 20.8 Å². The lowest BCUT2D eigenvalue weighted by Gasteiger charge is -2.40. The molecule has 94 valence electrons. The summed E-state index contributed by atoms with van der Waals surface area (Å²) >= 11 is 0. The van der Waals surface area contributed by atoms with Gasteiger partial charge in [0.15, 0.2) is 0 Å². The first-order chi connectivity index (χ1) is 7.28. The zero-order valence-electron chi connectivity index (χ0n) is 9.80. The third-order valence-corrected chi connectivity index (χ3v) is 2.09. The lowest BCUT2D eigenvalue weighted by atomic mass is 10.1. The molecule has 0 aromatic carbocycles. The minimum absolute atomic E-state index is 0.0403. The predicted octanol–water partition coefficient (Wildman–Crippen LogP) is 1.46. The van der Waals surface area contributed by atoms with Gasteiger partial charge >= 0.3 is 6.09 Å². The maximum atomic E-state index is 11.9. The summed E-state index contributed by atoms with van der Waals surface area (Å²) in [5, 5.41) is 2.67. The summed E-state index contributed by atoms with van der Waals surface area (Å²) in [6.07, 6.45) is -2.74. The van der Waals surface area contributed by atoms with Gasteiger partial charge in [-0.1, -0.05) is 0 Å². The molecule has 16 heavy (non-hydrogen) atoms. The van der Waals surface area contributed by atoms with E-state index in [0.717, 1.165) is 0 Å². The number of hydrogen-bond acceptors (Lipinski definition) is 3. The molecular formula is C10H18F2N2O2. The molecular weight excluding hydrogens is 218 g/mol. The van der Waals surface area contributed by atoms with Gasteiger partial charge in [-0.05, 0) is 20.8 Å². The Morgan fingerprint density at radius 3 is 2.50 bits per heavy atom. The Morgan fingerprint density at radius 1 is 1.50 bits per heavy atom. The number of carbonyl (C=O) groups excluding carboxylic acids is 1. The lowest BCUT2D eigenvalue weighted by Crippen LogP contribution is -2.61. The highest BCUT2D eigenvalue weighted by Crippen LogP contribution is 2.15. The smallest absolute Gasteiger partial charge is 0.410 e. The standard InChI is InChI=1S/C10H18F2N2O2/c1-10(2,3)16-9(15)14-5-7(6-14)13-4-8(11)12/h7-8,13H,4-6H2,1-3H3. The molecule has 0 bridgehead atoms. The van der Waals surface area contributed by atoms with E-state index in [-0.39, 0.29) is 18.7 Å². The van der Waals surface area contributed by atoms with Crippen LogP contribution in [0.2, 0.25) is 0 Å². The molecule has 0 atom stereocenters. The van der Waals surface area contributed by atoms with Crippen molar-refractivity contribution >= 4 is 6.09 Å². The van der Waals surface area contributed by atoms with Crippen LogP contribution in [0, 0.1) is 0 Å². The number of nitrogens with zero attached hydrogens (tertiary/aromatic N) is 1. The zero-order valence-corrected chi connectivity index (χ0v) is 9.80. The summed E-state index contributed by atoms with van der Waals surface area (Å²) in [6, 6.07) is -0.0403. The molecule has 1 aliphatic heterocycles. The van der Waals surface area contributed by atoms with Crippen LogP contribution < -0.4 is 5.32 Å². The summed E-state index contributed by atoms with van der Waals surface area (Å²) in [5.41, 5.74) is -0.515. The van der Waals surface area contributed by atoms with E-state index in [1.807, 2.05) is 0 Å². The molecule has 1 saturated heterocycles. The van der Waals surface area contributed by atoms with E-state index >= 15 is 0 Å². The molecule has 1 N–H and O–H groups in total. The fraction of sp³-hybridized carbons (Fsp3) is 0.900. The van der Waals surface area contributed by atoms with Gasteiger partial charge in [0.1, 0.15) is 5.60 Å². The Bertz CT molecular complexity index is 248. The number of ether oxygens (including phenoxy) is 1. The van der Waals surface area contributed by atoms with Crippen LogP contribution in [0.4, 0.5) is 13.6 Å². The van der Waals surface area contributed by atoms with Crippen LogP contribution in [0.1, 0.15) is 20.8 Å². The maximum Gasteiger partial charge on any atom is 0.410 e. The molecule has 0 aromatic rings. The van der Waals surface area contributed by atoms with Gasteiger partial charge in [-0.15, -0.1) is 0 Å². The molecule has 1 aliphatic rings. The van der Waals surface area contributed by atoms with Crippen LogP contribution in [0.15, 0.2) is 0 Å². The maximum absolute atomic E-state index is 11.9. The molecule has 0 unspecified atom stereocenters. The van der Waals surface area contributed by atoms with Gasteiger partial charge in [-0.2, -0.15) is 0 Å². The Labute approximate surface area is 93.9 Å². The SMILES string of the molecule is CC(C)(C)OC(=O)N1CC(NCC(F)F)C1. The van der Waals surface area contributed by atoms with Crippen LogP contribution in [-0.4, -0.2) is 48.7 Å². The summed E-state index contributed by atoms with van der Waals surface area (Å²) < 4.78 is 28.9. The Kier molecular flexibility index (Phi) is 4.07. The van der Waals surface area contributed by atoms with Gasteiger partial charge < -0.3 is 15.0 Å². The topological polar surface area (TPSA) is 41.6 Å². The highest BCUT2D eigenvalue weighted by atomic mass is 19.3. The normalized spacial score (nSPS) is 17.5. The van der Waals surface area contributed by atoms with E-state index < -0.39 is 12.0 Å². The second-order valence-electron chi connectivity index (χ2n) is 4.88. The monoisotopic (exact) mass is 236 g/mol. The van der Waals surface area contributed by atoms with Crippen LogP contribution in [0.3, 0.4) is 0 Å². The number of halogens is 2. The lowest BCUT2D eigenvalue weighted by molar-refractivity contribution is 0.00376. The molecule has 0 spiro atoms. The zero-order chi connectivity index (χ0) is 12.3. The summed E-state index contributed by atoms with van der Waals surface area (Å²) in [7, 11) is 0. The third kappa shape index (κ3) is 4.30. The van der Waals surface area contributed by atoms with Gasteiger partial charge in [0, 0.05) is 19.1 Å². The van der Waals surface area contributed by atoms with Crippen LogP contribution in [0.5, 0.6) is 0 Å². The van der Waals surface area contributed by atoms with Gasteiger partial charge in [-0.25, -0.2) is 13.6 Å². The largest absolute Gasteiger partial charge is 0.444 e. The van der Waals surface area contributed by atoms with Crippen molar-refractivity contribution in [1.29, 1.82) is 0 Å². The molecule has 0 radical (unpaired) electrons. The molecule has 0 aliphatic carbocycles. The molecule has 4 nitrogen and oxygen atoms in total. The average Bonchev–Trinajstić information content (AvgIpc) is 1.96. The molecule has 6 heteroatoms. The van der Waals surface area contributed by atoms with Crippen molar-refractivity contribution in [2.45, 2.75) is 38.8 Å². The predicted molar refractivity (Wildman–Crippen MR) is 55.6 cm³/mol. The summed E-state index contributed by atoms with van der Waals surface area (Å²) in [4.78, 5) is 12.9. The van der Waals surface area contributed by atoms with Gasteiger partial charge in [0.25, 0.3) is 6.43 Å². The van der Waals surface area contributed by atoms with Crippen molar-refractivity contribution in [3.63, 3.8) is 0 Å². The number of likely N-dealkylation sites (tertiary alicyclic amines) is 1. The number of nitrogens with one attached hydrogen (secondary N) is 1. The first-order valence-corrected chi connectivity index (χ1v) is 5.27. The summed E-state index contributed by atoms with van der Waals surface area (Å²) in [6.45, 7) is 5.90. The van der Waals surface area contributed by atoms with Gasteiger partial charge in [-0.3, -0.25) is 0 Å². The van der Waals surface area contributed by atoms with E-state index in [2.05, 4.69) is 5.32 Å². The highest BCUT2D eigenvalue weighted by Gasteiger charge is 2.33. The van der Waals surface area contributed by atoms with Gasteiger partial charge in [0.2, 0.25) is 0 Å². The van der Waals surface area contributed by atoms with Crippen molar-refractivity contribution in [2.24, 2.45) is 0 Å². The third-order valence-electron chi connectivity index (χ3n) is 2.09. The van der Waals surface area contributed by atoms with Crippen LogP contribution in [0.25, 0.3) is 0 Å². The number of hydrogen-bond donors (Lipinski definition) is 1. The molecule has 1 amide bonds. The van der Waals surface area contributed by atoms with Gasteiger partial charge in [0.05, 0.1) is 6.54 Å². The fourth-order valence-corrected chi connectivity index (χ4v) is 1.34. The fourth-order valence-electron chi connectivity index (χ4n) is 1.34. The first-order valence-electron chi connectivity index (χ1n) is 5.27. The van der Waals surface area contributed by atoms with Crippen LogP contribution in [-0.2, 0) is 4.74 Å². The quantitative estimate of drug-likeness (QED) is 0.806. The van der Waals surface area contributed by atoms with Crippen LogP contribution >= 0.6 is 0 Å². The molecule has 0 aromatic heterocycles. The first kappa shape index (κ1) is 13.2. The van der Waals surface area contributed by atoms with Crippen molar-refractivity contribution < 1.29 is 18.3 Å². The van der Waals surface area contributed by atoms with E-state index in [1.165, 1.54) is 4.90 Å². The van der Waals surface area contributed by atoms with Crippen molar-refractivity contribution in [1.82, 2.24) is 10.2 Å². The van der Waals surface area contributed by atoms with Crippen molar-refractivity contribution in [3.05, 3.63) is 0 Å². The minimum atomic E-state index is -2.35. The Balaban J connectivity index is 2.18. The average molecular weight is 236 g/mol. The van der Waals surface area contributed by atoms with E-state index in [4.69, 9.17) is 4.74 Å².